The van der Waals surface area contributed by atoms with Gasteiger partial charge in [0.15, 0.2) is 5.88 Å². The number of rotatable bonds is 3. The van der Waals surface area contributed by atoms with Crippen LogP contribution in [0, 0.1) is 0 Å². The van der Waals surface area contributed by atoms with Crippen molar-refractivity contribution in [3.05, 3.63) is 48.0 Å². The third-order valence-corrected chi connectivity index (χ3v) is 2.48. The van der Waals surface area contributed by atoms with Crippen LogP contribution in [-0.4, -0.2) is 13.0 Å². The highest BCUT2D eigenvalue weighted by molar-refractivity contribution is 5.99. The second-order valence-electron chi connectivity index (χ2n) is 3.53. The molecule has 0 aliphatic rings. The molecule has 78 valence electrons. The van der Waals surface area contributed by atoms with E-state index in [0.29, 0.717) is 5.88 Å². The van der Waals surface area contributed by atoms with Crippen LogP contribution in [0.4, 0.5) is 0 Å². The summed E-state index contributed by atoms with van der Waals surface area (Å²) in [7, 11) is 5.09. The molecule has 0 aliphatic carbocycles. The van der Waals surface area contributed by atoms with Gasteiger partial charge < -0.3 is 4.65 Å². The molecule has 2 nitrogen and oxygen atoms in total. The lowest BCUT2D eigenvalue weighted by atomic mass is 10.1. The highest BCUT2D eigenvalue weighted by atomic mass is 16.4. The first kappa shape index (κ1) is 10.7. The molecule has 16 heavy (non-hydrogen) atoms. The topological polar surface area (TPSA) is 22.1 Å². The Morgan fingerprint density at radius 1 is 1.19 bits per heavy atom. The van der Waals surface area contributed by atoms with Crippen molar-refractivity contribution in [2.24, 2.45) is 0 Å². The first-order valence-electron chi connectivity index (χ1n) is 5.26. The van der Waals surface area contributed by atoms with Crippen LogP contribution >= 0.6 is 0 Å². The normalized spacial score (nSPS) is 10.1. The maximum Gasteiger partial charge on any atom is 0.376 e. The lowest BCUT2D eigenvalue weighted by Gasteiger charge is -2.05. The van der Waals surface area contributed by atoms with Gasteiger partial charge in [-0.25, -0.2) is 4.98 Å². The second kappa shape index (κ2) is 4.84. The molecule has 0 saturated heterocycles. The van der Waals surface area contributed by atoms with Gasteiger partial charge in [0.25, 0.3) is 0 Å². The van der Waals surface area contributed by atoms with Crippen molar-refractivity contribution in [2.75, 3.05) is 0 Å². The Balaban J connectivity index is 2.41. The van der Waals surface area contributed by atoms with E-state index in [2.05, 4.69) is 28.7 Å². The van der Waals surface area contributed by atoms with Gasteiger partial charge >= 0.3 is 8.05 Å². The number of hydrogen-bond acceptors (Lipinski definition) is 2. The molecule has 0 aliphatic heterocycles. The van der Waals surface area contributed by atoms with E-state index in [1.54, 1.807) is 6.07 Å². The minimum absolute atomic E-state index is 0.430. The Bertz CT molecular complexity index is 439. The molecule has 2 rings (SSSR count). The summed E-state index contributed by atoms with van der Waals surface area (Å²) in [6, 6.07) is 13.8. The number of nitrogens with zero attached hydrogens (tertiary/aromatic N) is 1. The van der Waals surface area contributed by atoms with E-state index in [4.69, 9.17) is 8.05 Å². The van der Waals surface area contributed by atoms with Crippen molar-refractivity contribution in [3.8, 4) is 17.1 Å². The molecular formula is C13H12BNO. The molecule has 0 unspecified atom stereocenters. The molecule has 1 aromatic heterocycles. The van der Waals surface area contributed by atoms with Gasteiger partial charge in [-0.05, 0) is 30.2 Å². The molecule has 1 aromatic carbocycles. The standard InChI is InChI=1S/C13H12BNO/c1-2-10-5-3-6-11(9-10)12-7-4-8-13(15-12)16-14/h3-9H,2H2,1H3. The summed E-state index contributed by atoms with van der Waals surface area (Å²) in [4.78, 5) is 4.29. The van der Waals surface area contributed by atoms with Crippen LogP contribution in [0.15, 0.2) is 42.5 Å². The minimum atomic E-state index is 0.430. The number of benzene rings is 1. The van der Waals surface area contributed by atoms with E-state index in [1.165, 1.54) is 5.56 Å². The zero-order chi connectivity index (χ0) is 11.4. The Labute approximate surface area is 96.7 Å². The fourth-order valence-corrected chi connectivity index (χ4v) is 1.59. The Kier molecular flexibility index (Phi) is 3.25. The summed E-state index contributed by atoms with van der Waals surface area (Å²) in [6.45, 7) is 2.13. The molecule has 3 heteroatoms. The van der Waals surface area contributed by atoms with Crippen molar-refractivity contribution >= 4 is 8.05 Å². The highest BCUT2D eigenvalue weighted by Gasteiger charge is 2.01. The van der Waals surface area contributed by atoms with Crippen LogP contribution in [0.5, 0.6) is 5.88 Å². The molecule has 2 aromatic rings. The molecule has 0 saturated carbocycles. The lowest BCUT2D eigenvalue weighted by molar-refractivity contribution is 0.589. The first-order chi connectivity index (χ1) is 7.83. The molecule has 0 N–H and O–H groups in total. The predicted molar refractivity (Wildman–Crippen MR) is 65.4 cm³/mol. The monoisotopic (exact) mass is 209 g/mol. The molecule has 0 atom stereocenters. The molecule has 0 fully saturated rings. The van der Waals surface area contributed by atoms with Crippen molar-refractivity contribution in [1.82, 2.24) is 4.98 Å². The molecule has 1 heterocycles. The van der Waals surface area contributed by atoms with E-state index in [9.17, 15) is 0 Å². The van der Waals surface area contributed by atoms with Crippen LogP contribution in [0.25, 0.3) is 11.3 Å². The summed E-state index contributed by atoms with van der Waals surface area (Å²) in [5.74, 6) is 0.430. The van der Waals surface area contributed by atoms with Crippen LogP contribution in [-0.2, 0) is 6.42 Å². The van der Waals surface area contributed by atoms with E-state index in [-0.39, 0.29) is 0 Å². The SMILES string of the molecule is [B]Oc1cccc(-c2cccc(CC)c2)n1. The minimum Gasteiger partial charge on any atom is -0.555 e. The van der Waals surface area contributed by atoms with Crippen molar-refractivity contribution in [1.29, 1.82) is 0 Å². The number of aryl methyl sites for hydroxylation is 1. The van der Waals surface area contributed by atoms with E-state index in [1.807, 2.05) is 24.3 Å². The van der Waals surface area contributed by atoms with Gasteiger partial charge in [-0.15, -0.1) is 0 Å². The van der Waals surface area contributed by atoms with Crippen LogP contribution < -0.4 is 4.65 Å². The molecule has 0 spiro atoms. The van der Waals surface area contributed by atoms with Gasteiger partial charge in [0, 0.05) is 5.56 Å². The van der Waals surface area contributed by atoms with Crippen molar-refractivity contribution < 1.29 is 4.65 Å². The fraction of sp³-hybridized carbons (Fsp3) is 0.154. The Morgan fingerprint density at radius 2 is 2.00 bits per heavy atom. The van der Waals surface area contributed by atoms with Crippen LogP contribution in [0.2, 0.25) is 0 Å². The largest absolute Gasteiger partial charge is 0.555 e. The number of aromatic nitrogens is 1. The van der Waals surface area contributed by atoms with E-state index in [0.717, 1.165) is 17.7 Å². The van der Waals surface area contributed by atoms with E-state index >= 15 is 0 Å². The number of hydrogen-bond donors (Lipinski definition) is 0. The molecule has 0 bridgehead atoms. The van der Waals surface area contributed by atoms with Gasteiger partial charge in [0.1, 0.15) is 0 Å². The van der Waals surface area contributed by atoms with Gasteiger partial charge in [0.05, 0.1) is 5.69 Å². The molecular weight excluding hydrogens is 197 g/mol. The summed E-state index contributed by atoms with van der Waals surface area (Å²) in [6.07, 6.45) is 1.01. The zero-order valence-electron chi connectivity index (χ0n) is 9.18. The fourth-order valence-electron chi connectivity index (χ4n) is 1.59. The quantitative estimate of drug-likeness (QED) is 0.725. The molecule has 0 amide bonds. The van der Waals surface area contributed by atoms with Crippen molar-refractivity contribution in [3.63, 3.8) is 0 Å². The Morgan fingerprint density at radius 3 is 2.75 bits per heavy atom. The van der Waals surface area contributed by atoms with Gasteiger partial charge in [-0.2, -0.15) is 0 Å². The smallest absolute Gasteiger partial charge is 0.376 e. The summed E-state index contributed by atoms with van der Waals surface area (Å²) in [5.41, 5.74) is 3.25. The average Bonchev–Trinajstić information content (AvgIpc) is 2.39. The highest BCUT2D eigenvalue weighted by Crippen LogP contribution is 2.20. The lowest BCUT2D eigenvalue weighted by Crippen LogP contribution is -1.91. The summed E-state index contributed by atoms with van der Waals surface area (Å²) < 4.78 is 4.62. The van der Waals surface area contributed by atoms with Crippen molar-refractivity contribution in [2.45, 2.75) is 13.3 Å². The van der Waals surface area contributed by atoms with Gasteiger partial charge in [0.2, 0.25) is 0 Å². The third-order valence-electron chi connectivity index (χ3n) is 2.48. The maximum absolute atomic E-state index is 5.09. The van der Waals surface area contributed by atoms with Gasteiger partial charge in [-0.1, -0.05) is 31.2 Å². The van der Waals surface area contributed by atoms with E-state index < -0.39 is 0 Å². The average molecular weight is 209 g/mol. The number of pyridine rings is 1. The van der Waals surface area contributed by atoms with Gasteiger partial charge in [-0.3, -0.25) is 0 Å². The maximum atomic E-state index is 5.09. The van der Waals surface area contributed by atoms with Crippen LogP contribution in [0.1, 0.15) is 12.5 Å². The third kappa shape index (κ3) is 2.24. The zero-order valence-corrected chi connectivity index (χ0v) is 9.18. The summed E-state index contributed by atoms with van der Waals surface area (Å²) >= 11 is 0. The predicted octanol–water partition coefficient (Wildman–Crippen LogP) is 2.77. The Hall–Kier alpha value is -1.77. The summed E-state index contributed by atoms with van der Waals surface area (Å²) in [5, 5.41) is 0. The second-order valence-corrected chi connectivity index (χ2v) is 3.53. The molecule has 2 radical (unpaired) electrons. The van der Waals surface area contributed by atoms with Crippen LogP contribution in [0.3, 0.4) is 0 Å². The first-order valence-corrected chi connectivity index (χ1v) is 5.26.